The predicted octanol–water partition coefficient (Wildman–Crippen LogP) is 1.16. The van der Waals surface area contributed by atoms with Crippen molar-refractivity contribution in [3.05, 3.63) is 18.5 Å². The van der Waals surface area contributed by atoms with Crippen molar-refractivity contribution in [2.45, 2.75) is 13.5 Å². The summed E-state index contributed by atoms with van der Waals surface area (Å²) >= 11 is 0. The highest BCUT2D eigenvalue weighted by atomic mass is 16.3. The van der Waals surface area contributed by atoms with E-state index >= 15 is 0 Å². The minimum absolute atomic E-state index is 0.0560. The van der Waals surface area contributed by atoms with Crippen LogP contribution >= 0.6 is 0 Å². The summed E-state index contributed by atoms with van der Waals surface area (Å²) in [6, 6.07) is 1.89. The van der Waals surface area contributed by atoms with Crippen LogP contribution < -0.4 is 0 Å². The maximum Gasteiger partial charge on any atom is 0.294 e. The molecule has 0 saturated carbocycles. The van der Waals surface area contributed by atoms with Crippen LogP contribution in [-0.2, 0) is 6.54 Å². The Bertz CT molecular complexity index is 408. The Labute approximate surface area is 69.5 Å². The summed E-state index contributed by atoms with van der Waals surface area (Å²) in [6.07, 6.45) is 3.33. The van der Waals surface area contributed by atoms with E-state index < -0.39 is 0 Å². The zero-order chi connectivity index (χ0) is 8.55. The molecule has 0 unspecified atom stereocenters. The van der Waals surface area contributed by atoms with Gasteiger partial charge >= 0.3 is 0 Å². The molecule has 0 aromatic carbocycles. The van der Waals surface area contributed by atoms with Gasteiger partial charge in [-0.15, -0.1) is 0 Å². The summed E-state index contributed by atoms with van der Waals surface area (Å²) < 4.78 is 1.73. The lowest BCUT2D eigenvalue weighted by Gasteiger charge is -1.98. The van der Waals surface area contributed by atoms with E-state index in [1.165, 1.54) is 0 Å². The van der Waals surface area contributed by atoms with Crippen LogP contribution in [0.1, 0.15) is 6.92 Å². The van der Waals surface area contributed by atoms with E-state index in [9.17, 15) is 5.11 Å². The van der Waals surface area contributed by atoms with E-state index in [-0.39, 0.29) is 6.01 Å². The Morgan fingerprint density at radius 3 is 3.17 bits per heavy atom. The molecule has 0 atom stereocenters. The number of pyridine rings is 1. The molecule has 0 aliphatic carbocycles. The van der Waals surface area contributed by atoms with Gasteiger partial charge in [-0.25, -0.2) is 0 Å². The fraction of sp³-hybridized carbons (Fsp3) is 0.250. The highest BCUT2D eigenvalue weighted by Crippen LogP contribution is 2.18. The largest absolute Gasteiger partial charge is 0.480 e. The first-order valence-corrected chi connectivity index (χ1v) is 3.82. The molecular weight excluding hydrogens is 154 g/mol. The molecule has 12 heavy (non-hydrogen) atoms. The number of fused-ring (bicyclic) bond motifs is 1. The Kier molecular flexibility index (Phi) is 1.46. The van der Waals surface area contributed by atoms with E-state index in [2.05, 4.69) is 9.97 Å². The Morgan fingerprint density at radius 1 is 1.58 bits per heavy atom. The van der Waals surface area contributed by atoms with E-state index in [1.54, 1.807) is 17.0 Å². The number of rotatable bonds is 1. The summed E-state index contributed by atoms with van der Waals surface area (Å²) in [5, 5.41) is 9.36. The van der Waals surface area contributed by atoms with Crippen molar-refractivity contribution in [1.82, 2.24) is 14.5 Å². The molecule has 62 valence electrons. The molecule has 2 heterocycles. The highest BCUT2D eigenvalue weighted by molar-refractivity contribution is 5.75. The fourth-order valence-electron chi connectivity index (χ4n) is 1.28. The minimum Gasteiger partial charge on any atom is -0.480 e. The number of imidazole rings is 1. The summed E-state index contributed by atoms with van der Waals surface area (Å²) in [5.41, 5.74) is 1.65. The van der Waals surface area contributed by atoms with Gasteiger partial charge < -0.3 is 5.11 Å². The second-order valence-electron chi connectivity index (χ2n) is 2.52. The van der Waals surface area contributed by atoms with E-state index in [1.807, 2.05) is 13.0 Å². The normalized spacial score (nSPS) is 10.8. The summed E-state index contributed by atoms with van der Waals surface area (Å²) in [7, 11) is 0. The van der Waals surface area contributed by atoms with Gasteiger partial charge in [0.1, 0.15) is 5.52 Å². The van der Waals surface area contributed by atoms with Crippen molar-refractivity contribution in [3.8, 4) is 6.01 Å². The molecule has 4 nitrogen and oxygen atoms in total. The van der Waals surface area contributed by atoms with Crippen molar-refractivity contribution in [2.24, 2.45) is 0 Å². The number of aryl methyl sites for hydroxylation is 1. The number of hydrogen-bond acceptors (Lipinski definition) is 3. The second-order valence-corrected chi connectivity index (χ2v) is 2.52. The molecule has 4 heteroatoms. The van der Waals surface area contributed by atoms with Gasteiger partial charge in [0.05, 0.1) is 11.7 Å². The molecule has 1 N–H and O–H groups in total. The second kappa shape index (κ2) is 2.48. The Morgan fingerprint density at radius 2 is 2.42 bits per heavy atom. The average Bonchev–Trinajstić information content (AvgIpc) is 2.40. The highest BCUT2D eigenvalue weighted by Gasteiger charge is 2.06. The van der Waals surface area contributed by atoms with Gasteiger partial charge in [-0.2, -0.15) is 4.98 Å². The zero-order valence-corrected chi connectivity index (χ0v) is 6.73. The molecule has 0 aliphatic heterocycles. The smallest absolute Gasteiger partial charge is 0.294 e. The monoisotopic (exact) mass is 163 g/mol. The molecule has 2 aromatic rings. The van der Waals surface area contributed by atoms with Crippen molar-refractivity contribution < 1.29 is 5.11 Å². The molecule has 2 aromatic heterocycles. The fourth-order valence-corrected chi connectivity index (χ4v) is 1.28. The van der Waals surface area contributed by atoms with Crippen LogP contribution in [0.3, 0.4) is 0 Å². The Hall–Kier alpha value is -1.58. The average molecular weight is 163 g/mol. The van der Waals surface area contributed by atoms with Crippen LogP contribution in [0.5, 0.6) is 6.01 Å². The predicted molar refractivity (Wildman–Crippen MR) is 44.9 cm³/mol. The third kappa shape index (κ3) is 0.845. The molecule has 0 fully saturated rings. The SMILES string of the molecule is CCn1c(O)nc2cnccc21. The third-order valence-electron chi connectivity index (χ3n) is 1.85. The van der Waals surface area contributed by atoms with Crippen molar-refractivity contribution in [2.75, 3.05) is 0 Å². The lowest BCUT2D eigenvalue weighted by molar-refractivity contribution is 0.406. The molecule has 0 saturated heterocycles. The van der Waals surface area contributed by atoms with Gasteiger partial charge in [-0.05, 0) is 13.0 Å². The topological polar surface area (TPSA) is 50.9 Å². The van der Waals surface area contributed by atoms with Crippen LogP contribution in [0.4, 0.5) is 0 Å². The molecule has 0 bridgehead atoms. The molecule has 0 radical (unpaired) electrons. The van der Waals surface area contributed by atoms with Crippen LogP contribution in [-0.4, -0.2) is 19.6 Å². The van der Waals surface area contributed by atoms with Crippen LogP contribution in [0, 0.1) is 0 Å². The van der Waals surface area contributed by atoms with E-state index in [4.69, 9.17) is 0 Å². The number of nitrogens with zero attached hydrogens (tertiary/aromatic N) is 3. The quantitative estimate of drug-likeness (QED) is 0.686. The van der Waals surface area contributed by atoms with Crippen molar-refractivity contribution in [3.63, 3.8) is 0 Å². The van der Waals surface area contributed by atoms with Gasteiger partial charge in [-0.3, -0.25) is 9.55 Å². The van der Waals surface area contributed by atoms with Crippen molar-refractivity contribution >= 4 is 11.0 Å². The zero-order valence-electron chi connectivity index (χ0n) is 6.73. The molecule has 0 amide bonds. The molecular formula is C8H9N3O. The molecule has 0 spiro atoms. The van der Waals surface area contributed by atoms with Gasteiger partial charge in [0.15, 0.2) is 0 Å². The maximum absolute atomic E-state index is 9.36. The Balaban J connectivity index is 2.81. The number of aromatic nitrogens is 3. The molecule has 0 aliphatic rings. The summed E-state index contributed by atoms with van der Waals surface area (Å²) in [4.78, 5) is 7.85. The van der Waals surface area contributed by atoms with E-state index in [0.29, 0.717) is 6.54 Å². The summed E-state index contributed by atoms with van der Waals surface area (Å²) in [5.74, 6) is 0. The first-order chi connectivity index (χ1) is 5.83. The molecule has 2 rings (SSSR count). The van der Waals surface area contributed by atoms with Gasteiger partial charge in [0.25, 0.3) is 6.01 Å². The van der Waals surface area contributed by atoms with Gasteiger partial charge in [0, 0.05) is 12.7 Å². The minimum atomic E-state index is 0.0560. The lowest BCUT2D eigenvalue weighted by atomic mass is 10.4. The van der Waals surface area contributed by atoms with Crippen LogP contribution in [0.25, 0.3) is 11.0 Å². The van der Waals surface area contributed by atoms with Crippen molar-refractivity contribution in [1.29, 1.82) is 0 Å². The lowest BCUT2D eigenvalue weighted by Crippen LogP contribution is -1.91. The van der Waals surface area contributed by atoms with Gasteiger partial charge in [-0.1, -0.05) is 0 Å². The maximum atomic E-state index is 9.36. The summed E-state index contributed by atoms with van der Waals surface area (Å²) in [6.45, 7) is 2.67. The van der Waals surface area contributed by atoms with Crippen LogP contribution in [0.2, 0.25) is 0 Å². The van der Waals surface area contributed by atoms with E-state index in [0.717, 1.165) is 11.0 Å². The first kappa shape index (κ1) is 7.09. The first-order valence-electron chi connectivity index (χ1n) is 3.82. The van der Waals surface area contributed by atoms with Gasteiger partial charge in [0.2, 0.25) is 0 Å². The standard InChI is InChI=1S/C8H9N3O/c1-2-11-7-3-4-9-5-6(7)10-8(11)12/h3-5H,2H2,1H3,(H,10,12). The number of aromatic hydroxyl groups is 1. The third-order valence-corrected chi connectivity index (χ3v) is 1.85. The number of hydrogen-bond donors (Lipinski definition) is 1. The van der Waals surface area contributed by atoms with Crippen LogP contribution in [0.15, 0.2) is 18.5 Å².